The molecule has 1 N–H and O–H groups in total. The highest BCUT2D eigenvalue weighted by molar-refractivity contribution is 6.42. The number of hydrogen-bond acceptors (Lipinski definition) is 8. The van der Waals surface area contributed by atoms with Crippen LogP contribution in [0.25, 0.3) is 5.57 Å². The number of aromatic nitrogens is 4. The van der Waals surface area contributed by atoms with Gasteiger partial charge in [-0.1, -0.05) is 53.5 Å². The van der Waals surface area contributed by atoms with Crippen LogP contribution in [0.15, 0.2) is 65.5 Å². The van der Waals surface area contributed by atoms with Crippen LogP contribution in [0, 0.1) is 0 Å². The largest absolute Gasteiger partial charge is 0.462 e. The van der Waals surface area contributed by atoms with Crippen molar-refractivity contribution in [2.24, 2.45) is 7.05 Å². The molecule has 1 aromatic heterocycles. The molecule has 0 radical (unpaired) electrons. The Balaban J connectivity index is 1.27. The zero-order chi connectivity index (χ0) is 28.2. The first-order chi connectivity index (χ1) is 19.3. The van der Waals surface area contributed by atoms with Crippen molar-refractivity contribution >= 4 is 40.4 Å². The Morgan fingerprint density at radius 2 is 1.77 bits per heavy atom. The number of nitrogens with one attached hydrogen (secondary N) is 1. The molecule has 1 saturated heterocycles. The van der Waals surface area contributed by atoms with E-state index >= 15 is 0 Å². The van der Waals surface area contributed by atoms with Crippen molar-refractivity contribution in [2.45, 2.75) is 26.2 Å². The van der Waals surface area contributed by atoms with E-state index in [1.165, 1.54) is 10.5 Å². The second-order valence-electron chi connectivity index (χ2n) is 10.0. The van der Waals surface area contributed by atoms with Crippen molar-refractivity contribution in [2.75, 3.05) is 44.2 Å². The second kappa shape index (κ2) is 12.4. The van der Waals surface area contributed by atoms with Crippen LogP contribution in [0.1, 0.15) is 37.6 Å². The van der Waals surface area contributed by atoms with Gasteiger partial charge in [-0.3, -0.25) is 4.90 Å². The van der Waals surface area contributed by atoms with Gasteiger partial charge in [0.05, 0.1) is 29.3 Å². The van der Waals surface area contributed by atoms with E-state index < -0.39 is 11.9 Å². The molecule has 0 aliphatic carbocycles. The number of piperazine rings is 1. The molecule has 0 saturated carbocycles. The minimum atomic E-state index is -0.574. The first kappa shape index (κ1) is 28.1. The number of tetrazole rings is 1. The Hall–Kier alpha value is -3.40. The maximum absolute atomic E-state index is 13.6. The van der Waals surface area contributed by atoms with Crippen molar-refractivity contribution in [3.8, 4) is 0 Å². The summed E-state index contributed by atoms with van der Waals surface area (Å²) < 4.78 is 5.85. The highest BCUT2D eigenvalue weighted by atomic mass is 35.5. The molecule has 1 fully saturated rings. The van der Waals surface area contributed by atoms with Gasteiger partial charge >= 0.3 is 5.97 Å². The Morgan fingerprint density at radius 3 is 2.48 bits per heavy atom. The highest BCUT2D eigenvalue weighted by Crippen LogP contribution is 2.46. The number of rotatable bonds is 8. The number of hydrogen-bond donors (Lipinski definition) is 1. The quantitative estimate of drug-likeness (QED) is 0.303. The number of benzene rings is 2. The van der Waals surface area contributed by atoms with Gasteiger partial charge in [0.2, 0.25) is 5.82 Å². The Bertz CT molecular complexity index is 1430. The topological polar surface area (TPSA) is 88.4 Å². The van der Waals surface area contributed by atoms with Gasteiger partial charge < -0.3 is 15.0 Å². The molecular weight excluding hydrogens is 549 g/mol. The summed E-state index contributed by atoms with van der Waals surface area (Å²) >= 11 is 13.1. The van der Waals surface area contributed by atoms with Crippen LogP contribution in [-0.4, -0.2) is 70.4 Å². The molecule has 3 aromatic rings. The van der Waals surface area contributed by atoms with Crippen LogP contribution in [0.2, 0.25) is 10.0 Å². The van der Waals surface area contributed by atoms with Crippen LogP contribution in [0.3, 0.4) is 0 Å². The molecule has 0 bridgehead atoms. The number of ether oxygens (including phenoxy) is 1. The fourth-order valence-corrected chi connectivity index (χ4v) is 5.82. The number of esters is 1. The van der Waals surface area contributed by atoms with E-state index in [0.717, 1.165) is 44.8 Å². The number of halogens is 2. The molecule has 210 valence electrons. The summed E-state index contributed by atoms with van der Waals surface area (Å²) in [6.45, 7) is 8.87. The third-order valence-corrected chi connectivity index (χ3v) is 8.20. The number of carbonyl (C=O) groups is 1. The summed E-state index contributed by atoms with van der Waals surface area (Å²) in [4.78, 5) is 19.8. The summed E-state index contributed by atoms with van der Waals surface area (Å²) in [7, 11) is 1.70. The Morgan fingerprint density at radius 1 is 1.02 bits per heavy atom. The molecule has 2 aliphatic heterocycles. The van der Waals surface area contributed by atoms with Gasteiger partial charge in [0.15, 0.2) is 0 Å². The maximum Gasteiger partial charge on any atom is 0.336 e. The van der Waals surface area contributed by atoms with Crippen LogP contribution < -0.4 is 10.2 Å². The van der Waals surface area contributed by atoms with Gasteiger partial charge in [-0.15, -0.1) is 10.2 Å². The monoisotopic (exact) mass is 581 g/mol. The van der Waals surface area contributed by atoms with Gasteiger partial charge in [-0.05, 0) is 49.2 Å². The molecule has 0 amide bonds. The smallest absolute Gasteiger partial charge is 0.336 e. The van der Waals surface area contributed by atoms with Gasteiger partial charge in [0.25, 0.3) is 0 Å². The summed E-state index contributed by atoms with van der Waals surface area (Å²) in [5.41, 5.74) is 4.58. The lowest BCUT2D eigenvalue weighted by Gasteiger charge is -2.36. The molecule has 1 unspecified atom stereocenters. The number of allylic oxidation sites excluding steroid dienone is 3. The molecule has 40 heavy (non-hydrogen) atoms. The predicted molar refractivity (Wildman–Crippen MR) is 157 cm³/mol. The zero-order valence-electron chi connectivity index (χ0n) is 22.9. The van der Waals surface area contributed by atoms with E-state index in [9.17, 15) is 4.79 Å². The average Bonchev–Trinajstić information content (AvgIpc) is 3.38. The lowest BCUT2D eigenvalue weighted by molar-refractivity contribution is -0.139. The third kappa shape index (κ3) is 6.01. The first-order valence-electron chi connectivity index (χ1n) is 13.4. The molecule has 0 spiro atoms. The maximum atomic E-state index is 13.6. The lowest BCUT2D eigenvalue weighted by atomic mass is 9.80. The molecule has 9 nitrogen and oxygen atoms in total. The van der Waals surface area contributed by atoms with Crippen molar-refractivity contribution < 1.29 is 9.53 Å². The number of anilines is 1. The Labute approximate surface area is 244 Å². The Kier molecular flexibility index (Phi) is 8.73. The zero-order valence-corrected chi connectivity index (χ0v) is 24.4. The van der Waals surface area contributed by atoms with Crippen LogP contribution >= 0.6 is 23.2 Å². The van der Waals surface area contributed by atoms with E-state index in [4.69, 9.17) is 27.9 Å². The summed E-state index contributed by atoms with van der Waals surface area (Å²) in [6, 6.07) is 15.9. The second-order valence-corrected chi connectivity index (χ2v) is 10.8. The minimum Gasteiger partial charge on any atom is -0.462 e. The van der Waals surface area contributed by atoms with Crippen LogP contribution in [0.4, 0.5) is 5.69 Å². The summed E-state index contributed by atoms with van der Waals surface area (Å²) in [6.07, 6.45) is 0.743. The summed E-state index contributed by atoms with van der Waals surface area (Å²) in [5, 5.41) is 16.7. The van der Waals surface area contributed by atoms with E-state index in [-0.39, 0.29) is 0 Å². The van der Waals surface area contributed by atoms with E-state index in [1.54, 1.807) is 13.1 Å². The molecule has 1 atom stereocenters. The third-order valence-electron chi connectivity index (χ3n) is 7.37. The highest BCUT2D eigenvalue weighted by Gasteiger charge is 2.38. The molecule has 3 heterocycles. The summed E-state index contributed by atoms with van der Waals surface area (Å²) in [5.74, 6) is -0.579. The number of carbonyl (C=O) groups excluding carboxylic acids is 1. The van der Waals surface area contributed by atoms with Crippen LogP contribution in [-0.2, 0) is 16.6 Å². The molecule has 2 aromatic carbocycles. The van der Waals surface area contributed by atoms with E-state index in [1.807, 2.05) is 32.0 Å². The molecular formula is C29H33Cl2N7O2. The van der Waals surface area contributed by atoms with Gasteiger partial charge in [-0.2, -0.15) is 4.80 Å². The van der Waals surface area contributed by atoms with E-state index in [2.05, 4.69) is 54.8 Å². The number of aryl methyl sites for hydroxylation is 1. The number of para-hydroxylation sites is 1. The fourth-order valence-electron chi connectivity index (χ4n) is 5.41. The standard InChI is InChI=1S/C29H33Cl2N7O2/c1-19-24(28-33-35-36(3)34-28)26(22-11-7-12-23(30)27(22)31)25(20(2)32-19)29(39)40-18-8-13-37-14-16-38(17-15-37)21-9-5-4-6-10-21/h4-7,9-12,26,32H,8,13-18H2,1-3H3. The minimum absolute atomic E-state index is 0.311. The molecule has 2 aliphatic rings. The number of dihydropyridines is 1. The van der Waals surface area contributed by atoms with Crippen molar-refractivity contribution in [3.05, 3.63) is 86.9 Å². The fraction of sp³-hybridized carbons (Fsp3) is 0.379. The SMILES string of the molecule is CC1=C(C(=O)OCCCN2CCN(c3ccccc3)CC2)C(c2cccc(Cl)c2Cl)C(c2nnn(C)n2)=C(C)N1. The number of nitrogens with zero attached hydrogens (tertiary/aromatic N) is 6. The predicted octanol–water partition coefficient (Wildman–Crippen LogP) is 4.66. The van der Waals surface area contributed by atoms with Crippen LogP contribution in [0.5, 0.6) is 0 Å². The van der Waals surface area contributed by atoms with Crippen molar-refractivity contribution in [3.63, 3.8) is 0 Å². The lowest BCUT2D eigenvalue weighted by Crippen LogP contribution is -2.46. The van der Waals surface area contributed by atoms with Crippen molar-refractivity contribution in [1.29, 1.82) is 0 Å². The normalized spacial score (nSPS) is 18.2. The van der Waals surface area contributed by atoms with Crippen molar-refractivity contribution in [1.82, 2.24) is 30.4 Å². The van der Waals surface area contributed by atoms with Gasteiger partial charge in [0.1, 0.15) is 0 Å². The molecule has 5 rings (SSSR count). The van der Waals surface area contributed by atoms with Gasteiger partial charge in [0, 0.05) is 61.3 Å². The van der Waals surface area contributed by atoms with E-state index in [0.29, 0.717) is 44.9 Å². The first-order valence-corrected chi connectivity index (χ1v) is 14.2. The average molecular weight is 583 g/mol. The van der Waals surface area contributed by atoms with Gasteiger partial charge in [-0.25, -0.2) is 4.79 Å². The molecule has 11 heteroatoms.